The molecule has 0 aromatic heterocycles. The maximum atomic E-state index is 12.1. The summed E-state index contributed by atoms with van der Waals surface area (Å²) in [4.78, 5) is 12.1. The lowest BCUT2D eigenvalue weighted by Gasteiger charge is -2.36. The van der Waals surface area contributed by atoms with E-state index in [-0.39, 0.29) is 5.91 Å². The van der Waals surface area contributed by atoms with Crippen molar-refractivity contribution in [3.63, 3.8) is 0 Å². The Bertz CT molecular complexity index is 377. The highest BCUT2D eigenvalue weighted by Gasteiger charge is 2.40. The van der Waals surface area contributed by atoms with Crippen molar-refractivity contribution in [3.05, 3.63) is 35.9 Å². The van der Waals surface area contributed by atoms with Crippen molar-refractivity contribution in [2.45, 2.75) is 39.8 Å². The van der Waals surface area contributed by atoms with Gasteiger partial charge in [-0.1, -0.05) is 30.3 Å². The van der Waals surface area contributed by atoms with E-state index in [9.17, 15) is 4.79 Å². The number of nitrogens with one attached hydrogen (secondary N) is 1. The van der Waals surface area contributed by atoms with Crippen molar-refractivity contribution >= 4 is 5.91 Å². The van der Waals surface area contributed by atoms with Gasteiger partial charge in [0, 0.05) is 12.1 Å². The van der Waals surface area contributed by atoms with Crippen LogP contribution in [0, 0.1) is 5.41 Å². The topological polar surface area (TPSA) is 55.1 Å². The van der Waals surface area contributed by atoms with Crippen molar-refractivity contribution in [2.24, 2.45) is 11.1 Å². The Morgan fingerprint density at radius 1 is 1.18 bits per heavy atom. The van der Waals surface area contributed by atoms with E-state index in [4.69, 9.17) is 5.73 Å². The molecule has 0 saturated carbocycles. The summed E-state index contributed by atoms with van der Waals surface area (Å²) in [5, 5.41) is 2.93. The van der Waals surface area contributed by atoms with Gasteiger partial charge in [0.05, 0.1) is 5.41 Å². The third kappa shape index (κ3) is 3.30. The van der Waals surface area contributed by atoms with Crippen LogP contribution >= 0.6 is 0 Å². The molecule has 0 heterocycles. The van der Waals surface area contributed by atoms with Gasteiger partial charge >= 0.3 is 0 Å². The largest absolute Gasteiger partial charge is 0.352 e. The van der Waals surface area contributed by atoms with Crippen LogP contribution in [0.3, 0.4) is 0 Å². The second-order valence-corrected chi connectivity index (χ2v) is 5.51. The Kier molecular flexibility index (Phi) is 3.94. The van der Waals surface area contributed by atoms with Crippen molar-refractivity contribution in [3.8, 4) is 0 Å². The molecule has 94 valence electrons. The molecular weight excluding hydrogens is 212 g/mol. The molecule has 0 bridgehead atoms. The summed E-state index contributed by atoms with van der Waals surface area (Å²) >= 11 is 0. The van der Waals surface area contributed by atoms with E-state index in [2.05, 4.69) is 5.32 Å². The molecule has 0 aliphatic heterocycles. The van der Waals surface area contributed by atoms with Crippen LogP contribution in [-0.2, 0) is 11.3 Å². The molecule has 0 unspecified atom stereocenters. The lowest BCUT2D eigenvalue weighted by molar-refractivity contribution is -0.132. The van der Waals surface area contributed by atoms with E-state index in [1.165, 1.54) is 0 Å². The summed E-state index contributed by atoms with van der Waals surface area (Å²) in [5.41, 5.74) is 5.97. The molecule has 1 aromatic carbocycles. The van der Waals surface area contributed by atoms with Crippen LogP contribution in [0.1, 0.15) is 33.3 Å². The van der Waals surface area contributed by atoms with E-state index < -0.39 is 11.0 Å². The Morgan fingerprint density at radius 2 is 1.71 bits per heavy atom. The molecule has 0 aliphatic rings. The van der Waals surface area contributed by atoms with Crippen LogP contribution in [0.25, 0.3) is 0 Å². The monoisotopic (exact) mass is 234 g/mol. The standard InChI is InChI=1S/C14H22N2O/c1-13(2,14(3,4)15)12(17)16-10-11-8-6-5-7-9-11/h5-9H,10,15H2,1-4H3,(H,16,17). The third-order valence-electron chi connectivity index (χ3n) is 3.47. The van der Waals surface area contributed by atoms with Crippen molar-refractivity contribution < 1.29 is 4.79 Å². The van der Waals surface area contributed by atoms with Crippen molar-refractivity contribution in [1.82, 2.24) is 5.32 Å². The molecule has 3 N–H and O–H groups in total. The third-order valence-corrected chi connectivity index (χ3v) is 3.47. The van der Waals surface area contributed by atoms with Crippen LogP contribution in [0.5, 0.6) is 0 Å². The first kappa shape index (κ1) is 13.7. The first-order valence-electron chi connectivity index (χ1n) is 5.86. The fourth-order valence-corrected chi connectivity index (χ4v) is 1.29. The molecule has 0 saturated heterocycles. The predicted molar refractivity (Wildman–Crippen MR) is 70.3 cm³/mol. The zero-order valence-electron chi connectivity index (χ0n) is 11.1. The van der Waals surface area contributed by atoms with Crippen LogP contribution in [-0.4, -0.2) is 11.4 Å². The van der Waals surface area contributed by atoms with E-state index in [0.717, 1.165) is 5.56 Å². The Morgan fingerprint density at radius 3 is 2.18 bits per heavy atom. The van der Waals surface area contributed by atoms with Gasteiger partial charge in [0.15, 0.2) is 0 Å². The number of nitrogens with two attached hydrogens (primary N) is 1. The number of benzene rings is 1. The lowest BCUT2D eigenvalue weighted by atomic mass is 9.74. The summed E-state index contributed by atoms with van der Waals surface area (Å²) in [6.45, 7) is 8.02. The molecule has 17 heavy (non-hydrogen) atoms. The zero-order valence-corrected chi connectivity index (χ0v) is 11.1. The molecule has 1 amide bonds. The minimum Gasteiger partial charge on any atom is -0.352 e. The number of hydrogen-bond donors (Lipinski definition) is 2. The van der Waals surface area contributed by atoms with Gasteiger partial charge < -0.3 is 11.1 Å². The van der Waals surface area contributed by atoms with E-state index in [0.29, 0.717) is 6.54 Å². The summed E-state index contributed by atoms with van der Waals surface area (Å²) < 4.78 is 0. The minimum absolute atomic E-state index is 0.0196. The lowest BCUT2D eigenvalue weighted by Crippen LogP contribution is -2.55. The second-order valence-electron chi connectivity index (χ2n) is 5.51. The summed E-state index contributed by atoms with van der Waals surface area (Å²) in [6.07, 6.45) is 0. The predicted octanol–water partition coefficient (Wildman–Crippen LogP) is 2.07. The smallest absolute Gasteiger partial charge is 0.227 e. The number of carbonyl (C=O) groups is 1. The molecule has 3 heteroatoms. The van der Waals surface area contributed by atoms with Crippen LogP contribution in [0.2, 0.25) is 0 Å². The minimum atomic E-state index is -0.595. The maximum absolute atomic E-state index is 12.1. The molecule has 0 atom stereocenters. The SMILES string of the molecule is CC(C)(N)C(C)(C)C(=O)NCc1ccccc1. The van der Waals surface area contributed by atoms with Gasteiger partial charge in [-0.3, -0.25) is 4.79 Å². The molecule has 0 fully saturated rings. The van der Waals surface area contributed by atoms with Crippen molar-refractivity contribution in [2.75, 3.05) is 0 Å². The average molecular weight is 234 g/mol. The van der Waals surface area contributed by atoms with Crippen LogP contribution < -0.4 is 11.1 Å². The van der Waals surface area contributed by atoms with Crippen molar-refractivity contribution in [1.29, 1.82) is 0 Å². The molecular formula is C14H22N2O. The quantitative estimate of drug-likeness (QED) is 0.838. The van der Waals surface area contributed by atoms with E-state index in [1.807, 2.05) is 58.0 Å². The summed E-state index contributed by atoms with van der Waals surface area (Å²) in [6, 6.07) is 9.85. The summed E-state index contributed by atoms with van der Waals surface area (Å²) in [7, 11) is 0. The number of amides is 1. The first-order chi connectivity index (χ1) is 7.75. The van der Waals surface area contributed by atoms with Gasteiger partial charge in [-0.2, -0.15) is 0 Å². The van der Waals surface area contributed by atoms with Gasteiger partial charge in [0.2, 0.25) is 5.91 Å². The van der Waals surface area contributed by atoms with Gasteiger partial charge in [0.25, 0.3) is 0 Å². The first-order valence-corrected chi connectivity index (χ1v) is 5.86. The highest BCUT2D eigenvalue weighted by molar-refractivity contribution is 5.83. The Balaban J connectivity index is 2.62. The molecule has 0 radical (unpaired) electrons. The zero-order chi connectivity index (χ0) is 13.1. The van der Waals surface area contributed by atoms with E-state index >= 15 is 0 Å². The highest BCUT2D eigenvalue weighted by atomic mass is 16.2. The fraction of sp³-hybridized carbons (Fsp3) is 0.500. The molecule has 0 aliphatic carbocycles. The fourth-order valence-electron chi connectivity index (χ4n) is 1.29. The van der Waals surface area contributed by atoms with Gasteiger partial charge in [-0.05, 0) is 33.3 Å². The molecule has 0 spiro atoms. The normalized spacial score (nSPS) is 12.3. The van der Waals surface area contributed by atoms with E-state index in [1.54, 1.807) is 0 Å². The maximum Gasteiger partial charge on any atom is 0.227 e. The average Bonchev–Trinajstić information content (AvgIpc) is 2.25. The Hall–Kier alpha value is -1.35. The highest BCUT2D eigenvalue weighted by Crippen LogP contribution is 2.28. The molecule has 1 rings (SSSR count). The van der Waals surface area contributed by atoms with Gasteiger partial charge in [-0.15, -0.1) is 0 Å². The molecule has 3 nitrogen and oxygen atoms in total. The molecule has 1 aromatic rings. The van der Waals surface area contributed by atoms with Gasteiger partial charge in [-0.25, -0.2) is 0 Å². The van der Waals surface area contributed by atoms with Crippen LogP contribution in [0.4, 0.5) is 0 Å². The summed E-state index contributed by atoms with van der Waals surface area (Å²) in [5.74, 6) is -0.0196. The second kappa shape index (κ2) is 4.88. The van der Waals surface area contributed by atoms with Gasteiger partial charge in [0.1, 0.15) is 0 Å². The van der Waals surface area contributed by atoms with Crippen LogP contribution in [0.15, 0.2) is 30.3 Å². The number of carbonyl (C=O) groups excluding carboxylic acids is 1. The number of hydrogen-bond acceptors (Lipinski definition) is 2. The Labute approximate surface area is 103 Å². The number of rotatable bonds is 4.